The summed E-state index contributed by atoms with van der Waals surface area (Å²) in [5.41, 5.74) is 9.72. The van der Waals surface area contributed by atoms with Crippen LogP contribution in [0.2, 0.25) is 9.50 Å². The molecule has 0 saturated carbocycles. The number of hydrogen-bond donors (Lipinski definition) is 0. The number of rotatable bonds is 10. The van der Waals surface area contributed by atoms with Gasteiger partial charge in [-0.05, 0) is 0 Å². The van der Waals surface area contributed by atoms with E-state index >= 15 is 0 Å². The first-order chi connectivity index (χ1) is 19.8. The molecule has 0 N–H and O–H groups in total. The summed E-state index contributed by atoms with van der Waals surface area (Å²) in [7, 11) is 0. The predicted octanol–water partition coefficient (Wildman–Crippen LogP) is 10.6. The molecule has 0 saturated heterocycles. The van der Waals surface area contributed by atoms with Gasteiger partial charge >= 0.3 is 267 Å². The second kappa shape index (κ2) is 14.1. The molecule has 224 valence electrons. The summed E-state index contributed by atoms with van der Waals surface area (Å²) in [4.78, 5) is 0. The molecule has 0 radical (unpaired) electrons. The van der Waals surface area contributed by atoms with Crippen LogP contribution in [0.25, 0.3) is 0 Å². The van der Waals surface area contributed by atoms with E-state index in [1.54, 1.807) is 22.3 Å². The first kappa shape index (κ1) is 33.4. The minimum absolute atomic E-state index is 0.527. The van der Waals surface area contributed by atoms with E-state index in [0.29, 0.717) is 45.0 Å². The first-order valence-corrected chi connectivity index (χ1v) is 27.7. The van der Waals surface area contributed by atoms with Crippen LogP contribution < -0.4 is 8.79 Å². The fourth-order valence-electron chi connectivity index (χ4n) is 6.74. The summed E-state index contributed by atoms with van der Waals surface area (Å²) < 4.78 is 4.91. The van der Waals surface area contributed by atoms with Crippen LogP contribution in [0.3, 0.4) is 0 Å². The van der Waals surface area contributed by atoms with Crippen LogP contribution in [0.15, 0.2) is 72.9 Å². The molecule has 0 heterocycles. The Hall–Kier alpha value is -1.51. The van der Waals surface area contributed by atoms with Crippen LogP contribution in [0.5, 0.6) is 0 Å². The fourth-order valence-corrected chi connectivity index (χ4v) is 43.2. The normalized spacial score (nSPS) is 16.2. The standard InChI is InChI=1S/C40H56Ge2/c1-25(2)31-21-35(27(5)6)39(36(22-31)28(7)8)41(33-17-13-14-18-33)42(34-19-15-16-20-34)40-37(29(9)10)23-32(26(3)4)24-38(40)30(11)12/h13-30,33-34H,1-12H3/b42-41+. The number of hydrogen-bond acceptors (Lipinski definition) is 0. The summed E-state index contributed by atoms with van der Waals surface area (Å²) in [5, 5.41) is 0. The van der Waals surface area contributed by atoms with Crippen molar-refractivity contribution in [3.63, 3.8) is 0 Å². The summed E-state index contributed by atoms with van der Waals surface area (Å²) >= 11 is -3.97. The van der Waals surface area contributed by atoms with Gasteiger partial charge < -0.3 is 0 Å². The summed E-state index contributed by atoms with van der Waals surface area (Å²) in [6, 6.07) is 10.5. The van der Waals surface area contributed by atoms with Crippen LogP contribution in [0.1, 0.15) is 152 Å². The van der Waals surface area contributed by atoms with Crippen LogP contribution in [-0.4, -0.2) is 23.7 Å². The molecule has 0 atom stereocenters. The molecule has 0 nitrogen and oxygen atoms in total. The molecular weight excluding hydrogens is 626 g/mol. The van der Waals surface area contributed by atoms with Crippen molar-refractivity contribution < 1.29 is 0 Å². The van der Waals surface area contributed by atoms with Gasteiger partial charge in [0.05, 0.1) is 0 Å². The van der Waals surface area contributed by atoms with E-state index in [9.17, 15) is 0 Å². The Balaban J connectivity index is 2.30. The molecule has 0 bridgehead atoms. The Labute approximate surface area is 265 Å². The second-order valence-electron chi connectivity index (χ2n) is 14.5. The fraction of sp³-hybridized carbons (Fsp3) is 0.500. The molecule has 2 aliphatic rings. The Bertz CT molecular complexity index is 1240. The Kier molecular flexibility index (Phi) is 11.2. The average molecular weight is 682 g/mol. The molecule has 0 fully saturated rings. The maximum absolute atomic E-state index is 2.64. The molecule has 0 amide bonds. The molecule has 2 heteroatoms. The van der Waals surface area contributed by atoms with Crippen LogP contribution in [-0.2, 0) is 0 Å². The van der Waals surface area contributed by atoms with Crippen molar-refractivity contribution >= 4 is 32.5 Å². The molecule has 4 rings (SSSR count). The van der Waals surface area contributed by atoms with Gasteiger partial charge in [0, 0.05) is 0 Å². The van der Waals surface area contributed by atoms with Gasteiger partial charge in [0.2, 0.25) is 0 Å². The molecular formula is C40H56Ge2. The minimum atomic E-state index is -1.99. The van der Waals surface area contributed by atoms with Crippen molar-refractivity contribution in [2.45, 2.75) is 128 Å². The molecule has 2 aliphatic carbocycles. The third kappa shape index (κ3) is 6.91. The SMILES string of the molecule is CC(C)c1cc(C(C)C)[c](/[Ge]([CH]2C=CC=C2)=[Ge](/[c]2c(C(C)C)cc(C(C)C)cc2C(C)C)[CH]2C=CC=C2)c(C(C)C)c1. The monoisotopic (exact) mass is 684 g/mol. The van der Waals surface area contributed by atoms with Gasteiger partial charge in [0.15, 0.2) is 0 Å². The van der Waals surface area contributed by atoms with Crippen LogP contribution in [0.4, 0.5) is 0 Å². The van der Waals surface area contributed by atoms with Gasteiger partial charge in [0.25, 0.3) is 0 Å². The van der Waals surface area contributed by atoms with E-state index < -0.39 is 23.7 Å². The Morgan fingerprint density at radius 3 is 0.810 bits per heavy atom. The molecule has 0 unspecified atom stereocenters. The molecule has 0 spiro atoms. The number of benzene rings is 2. The van der Waals surface area contributed by atoms with E-state index in [1.165, 1.54) is 11.1 Å². The zero-order chi connectivity index (χ0) is 30.9. The molecule has 2 aromatic carbocycles. The van der Waals surface area contributed by atoms with Crippen molar-refractivity contribution in [3.05, 3.63) is 106 Å². The van der Waals surface area contributed by atoms with E-state index in [0.717, 1.165) is 0 Å². The van der Waals surface area contributed by atoms with Gasteiger partial charge in [-0.25, -0.2) is 0 Å². The Morgan fingerprint density at radius 2 is 0.619 bits per heavy atom. The average Bonchev–Trinajstić information content (AvgIpc) is 3.65. The van der Waals surface area contributed by atoms with Crippen molar-refractivity contribution in [2.75, 3.05) is 0 Å². The van der Waals surface area contributed by atoms with Gasteiger partial charge in [-0.1, -0.05) is 0 Å². The van der Waals surface area contributed by atoms with E-state index in [1.807, 2.05) is 8.79 Å². The van der Waals surface area contributed by atoms with Gasteiger partial charge in [-0.15, -0.1) is 0 Å². The quantitative estimate of drug-likeness (QED) is 0.219. The van der Waals surface area contributed by atoms with Crippen molar-refractivity contribution in [1.29, 1.82) is 0 Å². The maximum atomic E-state index is 2.64. The van der Waals surface area contributed by atoms with Gasteiger partial charge in [-0.2, -0.15) is 0 Å². The molecule has 0 aliphatic heterocycles. The van der Waals surface area contributed by atoms with Crippen molar-refractivity contribution in [1.82, 2.24) is 0 Å². The molecule has 42 heavy (non-hydrogen) atoms. The second-order valence-corrected chi connectivity index (χ2v) is 34.6. The zero-order valence-corrected chi connectivity index (χ0v) is 32.7. The van der Waals surface area contributed by atoms with Gasteiger partial charge in [0.1, 0.15) is 0 Å². The third-order valence-electron chi connectivity index (χ3n) is 9.26. The van der Waals surface area contributed by atoms with E-state index in [-0.39, 0.29) is 0 Å². The molecule has 0 aromatic heterocycles. The van der Waals surface area contributed by atoms with E-state index in [4.69, 9.17) is 0 Å². The first-order valence-electron chi connectivity index (χ1n) is 16.6. The summed E-state index contributed by atoms with van der Waals surface area (Å²) in [6.45, 7) is 29.1. The van der Waals surface area contributed by atoms with Crippen LogP contribution >= 0.6 is 0 Å². The number of allylic oxidation sites excluding steroid dienone is 8. The topological polar surface area (TPSA) is 0 Å². The third-order valence-corrected chi connectivity index (χ3v) is 38.6. The van der Waals surface area contributed by atoms with Gasteiger partial charge in [-0.3, -0.25) is 0 Å². The van der Waals surface area contributed by atoms with Crippen LogP contribution in [0, 0.1) is 0 Å². The Morgan fingerprint density at radius 1 is 0.381 bits per heavy atom. The summed E-state index contributed by atoms with van der Waals surface area (Å²) in [6.07, 6.45) is 19.8. The van der Waals surface area contributed by atoms with E-state index in [2.05, 4.69) is 156 Å². The van der Waals surface area contributed by atoms with Crippen molar-refractivity contribution in [3.8, 4) is 0 Å². The summed E-state index contributed by atoms with van der Waals surface area (Å²) in [5.74, 6) is 3.20. The molecule has 2 aromatic rings. The van der Waals surface area contributed by atoms with Crippen molar-refractivity contribution in [2.24, 2.45) is 0 Å². The zero-order valence-electron chi connectivity index (χ0n) is 28.5. The predicted molar refractivity (Wildman–Crippen MR) is 192 cm³/mol.